The Morgan fingerprint density at radius 2 is 1.75 bits per heavy atom. The molecular formula is C24H23N3O5. The van der Waals surface area contributed by atoms with Crippen molar-refractivity contribution in [3.63, 3.8) is 0 Å². The molecule has 1 saturated heterocycles. The summed E-state index contributed by atoms with van der Waals surface area (Å²) in [5.41, 5.74) is 2.63. The van der Waals surface area contributed by atoms with Gasteiger partial charge in [-0.1, -0.05) is 30.3 Å². The lowest BCUT2D eigenvalue weighted by molar-refractivity contribution is -0.384. The van der Waals surface area contributed by atoms with Crippen LogP contribution in [0.1, 0.15) is 15.9 Å². The largest absolute Gasteiger partial charge is 0.489 e. The molecule has 0 aliphatic carbocycles. The summed E-state index contributed by atoms with van der Waals surface area (Å²) in [6.07, 6.45) is 0. The Labute approximate surface area is 185 Å². The maximum atomic E-state index is 12.8. The van der Waals surface area contributed by atoms with Gasteiger partial charge in [-0.25, -0.2) is 0 Å². The van der Waals surface area contributed by atoms with Crippen LogP contribution in [0.2, 0.25) is 0 Å². The number of morpholine rings is 1. The molecule has 0 saturated carbocycles. The van der Waals surface area contributed by atoms with Crippen molar-refractivity contribution >= 4 is 23.0 Å². The molecule has 164 valence electrons. The number of rotatable bonds is 7. The Hall–Kier alpha value is -3.91. The molecule has 1 N–H and O–H groups in total. The van der Waals surface area contributed by atoms with Crippen molar-refractivity contribution in [2.75, 3.05) is 36.5 Å². The first-order valence-electron chi connectivity index (χ1n) is 10.3. The second-order valence-electron chi connectivity index (χ2n) is 7.31. The minimum atomic E-state index is -0.441. The summed E-state index contributed by atoms with van der Waals surface area (Å²) in [5.74, 6) is 0.359. The first kappa shape index (κ1) is 21.3. The van der Waals surface area contributed by atoms with Gasteiger partial charge < -0.3 is 19.7 Å². The van der Waals surface area contributed by atoms with E-state index in [0.29, 0.717) is 55.6 Å². The van der Waals surface area contributed by atoms with Gasteiger partial charge in [-0.15, -0.1) is 0 Å². The lowest BCUT2D eigenvalue weighted by Gasteiger charge is -2.30. The van der Waals surface area contributed by atoms with E-state index in [-0.39, 0.29) is 11.6 Å². The summed E-state index contributed by atoms with van der Waals surface area (Å²) < 4.78 is 11.1. The van der Waals surface area contributed by atoms with Crippen LogP contribution in [0.4, 0.5) is 17.1 Å². The molecule has 0 unspecified atom stereocenters. The highest BCUT2D eigenvalue weighted by atomic mass is 16.6. The molecule has 1 amide bonds. The lowest BCUT2D eigenvalue weighted by Crippen LogP contribution is -2.36. The van der Waals surface area contributed by atoms with Gasteiger partial charge in [0.25, 0.3) is 11.6 Å². The zero-order valence-corrected chi connectivity index (χ0v) is 17.4. The molecule has 0 bridgehead atoms. The number of nitrogens with one attached hydrogen (secondary N) is 1. The molecule has 8 nitrogen and oxygen atoms in total. The molecule has 32 heavy (non-hydrogen) atoms. The van der Waals surface area contributed by atoms with Crippen molar-refractivity contribution < 1.29 is 19.2 Å². The fourth-order valence-electron chi connectivity index (χ4n) is 3.44. The molecule has 8 heteroatoms. The van der Waals surface area contributed by atoms with Crippen LogP contribution in [0.5, 0.6) is 5.75 Å². The number of amides is 1. The molecule has 3 aromatic rings. The van der Waals surface area contributed by atoms with Gasteiger partial charge in [-0.2, -0.15) is 0 Å². The van der Waals surface area contributed by atoms with Gasteiger partial charge in [-0.05, 0) is 35.9 Å². The minimum Gasteiger partial charge on any atom is -0.489 e. The highest BCUT2D eigenvalue weighted by Crippen LogP contribution is 2.31. The van der Waals surface area contributed by atoms with Gasteiger partial charge in [0, 0.05) is 30.8 Å². The minimum absolute atomic E-state index is 0.0237. The number of hydrogen-bond acceptors (Lipinski definition) is 6. The highest BCUT2D eigenvalue weighted by molar-refractivity contribution is 6.06. The first-order valence-corrected chi connectivity index (χ1v) is 10.3. The Balaban J connectivity index is 1.46. The topological polar surface area (TPSA) is 93.9 Å². The fraction of sp³-hybridized carbons (Fsp3) is 0.208. The molecular weight excluding hydrogens is 410 g/mol. The summed E-state index contributed by atoms with van der Waals surface area (Å²) in [6, 6.07) is 21.1. The lowest BCUT2D eigenvalue weighted by atomic mass is 10.1. The maximum absolute atomic E-state index is 12.8. The van der Waals surface area contributed by atoms with Crippen molar-refractivity contribution in [2.45, 2.75) is 6.61 Å². The monoisotopic (exact) mass is 433 g/mol. The summed E-state index contributed by atoms with van der Waals surface area (Å²) >= 11 is 0. The van der Waals surface area contributed by atoms with Gasteiger partial charge >= 0.3 is 0 Å². The number of ether oxygens (including phenoxy) is 2. The van der Waals surface area contributed by atoms with Crippen LogP contribution in [0, 0.1) is 10.1 Å². The zero-order valence-electron chi connectivity index (χ0n) is 17.4. The molecule has 1 aliphatic heterocycles. The van der Waals surface area contributed by atoms with Crippen molar-refractivity contribution in [3.8, 4) is 5.75 Å². The normalized spacial score (nSPS) is 13.4. The predicted octanol–water partition coefficient (Wildman–Crippen LogP) is 4.26. The number of carbonyl (C=O) groups is 1. The second-order valence-corrected chi connectivity index (χ2v) is 7.31. The SMILES string of the molecule is O=C(Nc1ccc([N+](=O)[O-])cc1N1CCOCC1)c1ccc(OCc2ccccc2)cc1. The molecule has 1 aliphatic rings. The first-order chi connectivity index (χ1) is 15.6. The standard InChI is InChI=1S/C24H23N3O5/c28-24(19-6-9-21(10-7-19)32-17-18-4-2-1-3-5-18)25-22-11-8-20(27(29)30)16-23(22)26-12-14-31-15-13-26/h1-11,16H,12-15,17H2,(H,25,28). The van der Waals surface area contributed by atoms with E-state index in [1.54, 1.807) is 30.3 Å². The molecule has 0 radical (unpaired) electrons. The number of nitro groups is 1. The summed E-state index contributed by atoms with van der Waals surface area (Å²) in [7, 11) is 0. The number of nitro benzene ring substituents is 1. The van der Waals surface area contributed by atoms with Gasteiger partial charge in [0.15, 0.2) is 0 Å². The van der Waals surface area contributed by atoms with Gasteiger partial charge in [0.05, 0.1) is 29.5 Å². The smallest absolute Gasteiger partial charge is 0.271 e. The molecule has 3 aromatic carbocycles. The van der Waals surface area contributed by atoms with E-state index >= 15 is 0 Å². The summed E-state index contributed by atoms with van der Waals surface area (Å²) in [6.45, 7) is 2.69. The second kappa shape index (κ2) is 9.93. The summed E-state index contributed by atoms with van der Waals surface area (Å²) in [5, 5.41) is 14.1. The summed E-state index contributed by atoms with van der Waals surface area (Å²) in [4.78, 5) is 25.6. The Kier molecular flexibility index (Phi) is 6.62. The fourth-order valence-corrected chi connectivity index (χ4v) is 3.44. The number of nitrogens with zero attached hydrogens (tertiary/aromatic N) is 2. The van der Waals surface area contributed by atoms with Crippen LogP contribution in [-0.2, 0) is 11.3 Å². The number of hydrogen-bond donors (Lipinski definition) is 1. The van der Waals surface area contributed by atoms with Crippen LogP contribution in [0.15, 0.2) is 72.8 Å². The van der Waals surface area contributed by atoms with E-state index in [4.69, 9.17) is 9.47 Å². The average Bonchev–Trinajstić information content (AvgIpc) is 2.84. The number of carbonyl (C=O) groups excluding carboxylic acids is 1. The van der Waals surface area contributed by atoms with Gasteiger partial charge in [-0.3, -0.25) is 14.9 Å². The van der Waals surface area contributed by atoms with E-state index in [0.717, 1.165) is 5.56 Å². The Bertz CT molecular complexity index is 1080. The highest BCUT2D eigenvalue weighted by Gasteiger charge is 2.20. The third-order valence-corrected chi connectivity index (χ3v) is 5.16. The molecule has 1 fully saturated rings. The van der Waals surface area contributed by atoms with Crippen molar-refractivity contribution in [1.29, 1.82) is 0 Å². The van der Waals surface area contributed by atoms with Crippen molar-refractivity contribution in [1.82, 2.24) is 0 Å². The quantitative estimate of drug-likeness (QED) is 0.442. The molecule has 1 heterocycles. The third kappa shape index (κ3) is 5.22. The Morgan fingerprint density at radius 3 is 2.44 bits per heavy atom. The maximum Gasteiger partial charge on any atom is 0.271 e. The zero-order chi connectivity index (χ0) is 22.3. The van der Waals surface area contributed by atoms with Crippen LogP contribution >= 0.6 is 0 Å². The van der Waals surface area contributed by atoms with Crippen LogP contribution in [0.25, 0.3) is 0 Å². The van der Waals surface area contributed by atoms with Gasteiger partial charge in [0.1, 0.15) is 12.4 Å². The predicted molar refractivity (Wildman–Crippen MR) is 121 cm³/mol. The molecule has 0 atom stereocenters. The van der Waals surface area contributed by atoms with E-state index in [2.05, 4.69) is 5.32 Å². The van der Waals surface area contributed by atoms with E-state index in [1.807, 2.05) is 35.2 Å². The van der Waals surface area contributed by atoms with E-state index < -0.39 is 4.92 Å². The van der Waals surface area contributed by atoms with Crippen LogP contribution in [0.3, 0.4) is 0 Å². The molecule has 4 rings (SSSR count). The number of benzene rings is 3. The average molecular weight is 433 g/mol. The van der Waals surface area contributed by atoms with E-state index in [9.17, 15) is 14.9 Å². The van der Waals surface area contributed by atoms with Crippen LogP contribution in [-0.4, -0.2) is 37.1 Å². The number of non-ortho nitro benzene ring substituents is 1. The third-order valence-electron chi connectivity index (χ3n) is 5.16. The van der Waals surface area contributed by atoms with Gasteiger partial charge in [0.2, 0.25) is 0 Å². The van der Waals surface area contributed by atoms with Crippen molar-refractivity contribution in [2.24, 2.45) is 0 Å². The van der Waals surface area contributed by atoms with Crippen LogP contribution < -0.4 is 15.0 Å². The van der Waals surface area contributed by atoms with E-state index in [1.165, 1.54) is 12.1 Å². The number of anilines is 2. The molecule has 0 aromatic heterocycles. The molecule has 0 spiro atoms. The van der Waals surface area contributed by atoms with Crippen molar-refractivity contribution in [3.05, 3.63) is 94.0 Å². The Morgan fingerprint density at radius 1 is 1.03 bits per heavy atom.